The number of anilines is 3. The second-order valence-corrected chi connectivity index (χ2v) is 7.20. The van der Waals surface area contributed by atoms with Crippen molar-refractivity contribution >= 4 is 50.6 Å². The first-order chi connectivity index (χ1) is 14.1. The highest BCUT2D eigenvalue weighted by molar-refractivity contribution is 7.12. The fourth-order valence-corrected chi connectivity index (χ4v) is 3.41. The maximum atomic E-state index is 12.5. The van der Waals surface area contributed by atoms with Crippen LogP contribution in [0.4, 0.5) is 17.1 Å². The van der Waals surface area contributed by atoms with Crippen molar-refractivity contribution in [2.75, 3.05) is 16.4 Å². The third kappa shape index (κ3) is 4.39. The van der Waals surface area contributed by atoms with Gasteiger partial charge in [-0.2, -0.15) is 0 Å². The van der Waals surface area contributed by atoms with Crippen LogP contribution in [0.3, 0.4) is 0 Å². The summed E-state index contributed by atoms with van der Waals surface area (Å²) in [5, 5.41) is 9.65. The van der Waals surface area contributed by atoms with Crippen molar-refractivity contribution in [2.45, 2.75) is 6.42 Å². The Labute approximate surface area is 170 Å². The lowest BCUT2D eigenvalue weighted by Crippen LogP contribution is -2.16. The normalized spacial score (nSPS) is 10.6. The van der Waals surface area contributed by atoms with Crippen molar-refractivity contribution in [2.24, 2.45) is 0 Å². The molecule has 1 heterocycles. The Balaban J connectivity index is 1.43. The molecule has 4 aromatic rings. The molecule has 8 heteroatoms. The summed E-state index contributed by atoms with van der Waals surface area (Å²) in [6, 6.07) is 19.5. The number of benzene rings is 3. The molecule has 0 atom stereocenters. The summed E-state index contributed by atoms with van der Waals surface area (Å²) in [7, 11) is 0. The predicted octanol–water partition coefficient (Wildman–Crippen LogP) is 3.71. The molecule has 0 spiro atoms. The Morgan fingerprint density at radius 3 is 2.55 bits per heavy atom. The molecule has 0 aliphatic rings. The minimum absolute atomic E-state index is 0.172. The highest BCUT2D eigenvalue weighted by atomic mass is 32.1. The molecule has 4 N–H and O–H groups in total. The van der Waals surface area contributed by atoms with Crippen LogP contribution in [0.2, 0.25) is 0 Å². The van der Waals surface area contributed by atoms with E-state index in [1.807, 2.05) is 24.3 Å². The zero-order valence-corrected chi connectivity index (χ0v) is 16.1. The first-order valence-corrected chi connectivity index (χ1v) is 9.62. The van der Waals surface area contributed by atoms with Gasteiger partial charge in [0.25, 0.3) is 5.91 Å². The van der Waals surface area contributed by atoms with E-state index in [4.69, 9.17) is 5.73 Å². The lowest BCUT2D eigenvalue weighted by Gasteiger charge is -2.10. The highest BCUT2D eigenvalue weighted by Gasteiger charge is 2.10. The lowest BCUT2D eigenvalue weighted by atomic mass is 10.1. The molecule has 0 bridgehead atoms. The minimum Gasteiger partial charge on any atom is -0.398 e. The molecule has 0 aliphatic carbocycles. The number of hydrogen-bond donors (Lipinski definition) is 3. The number of aromatic nitrogens is 2. The smallest absolute Gasteiger partial charge is 0.255 e. The summed E-state index contributed by atoms with van der Waals surface area (Å²) >= 11 is 1.28. The van der Waals surface area contributed by atoms with Crippen LogP contribution >= 0.6 is 11.5 Å². The summed E-state index contributed by atoms with van der Waals surface area (Å²) in [4.78, 5) is 24.9. The largest absolute Gasteiger partial charge is 0.398 e. The molecule has 0 radical (unpaired) electrons. The molecule has 0 fully saturated rings. The molecule has 4 rings (SSSR count). The third-order valence-corrected chi connectivity index (χ3v) is 5.02. The fourth-order valence-electron chi connectivity index (χ4n) is 2.87. The van der Waals surface area contributed by atoms with Crippen LogP contribution < -0.4 is 16.4 Å². The van der Waals surface area contributed by atoms with Gasteiger partial charge in [-0.05, 0) is 59.6 Å². The number of nitrogens with zero attached hydrogens (tertiary/aromatic N) is 2. The SMILES string of the molecule is Nc1ccccc1CC(=O)Nc1cccc(NC(=O)c2ccc3snnc3c2)c1. The number of fused-ring (bicyclic) bond motifs is 1. The summed E-state index contributed by atoms with van der Waals surface area (Å²) in [6.45, 7) is 0. The fraction of sp³-hybridized carbons (Fsp3) is 0.0476. The minimum atomic E-state index is -0.263. The average molecular weight is 403 g/mol. The monoisotopic (exact) mass is 403 g/mol. The number of rotatable bonds is 5. The van der Waals surface area contributed by atoms with Crippen LogP contribution in [-0.4, -0.2) is 21.4 Å². The van der Waals surface area contributed by atoms with Gasteiger partial charge in [0.15, 0.2) is 0 Å². The summed E-state index contributed by atoms with van der Waals surface area (Å²) in [5.41, 5.74) is 9.56. The number of nitrogens with one attached hydrogen (secondary N) is 2. The molecule has 2 amide bonds. The molecule has 0 unspecified atom stereocenters. The molecule has 3 aromatic carbocycles. The van der Waals surface area contributed by atoms with E-state index in [2.05, 4.69) is 20.2 Å². The van der Waals surface area contributed by atoms with Crippen molar-refractivity contribution < 1.29 is 9.59 Å². The van der Waals surface area contributed by atoms with Crippen LogP contribution in [0.25, 0.3) is 10.2 Å². The maximum absolute atomic E-state index is 12.5. The number of para-hydroxylation sites is 1. The van der Waals surface area contributed by atoms with Gasteiger partial charge in [0, 0.05) is 22.6 Å². The van der Waals surface area contributed by atoms with Crippen LogP contribution in [-0.2, 0) is 11.2 Å². The van der Waals surface area contributed by atoms with Crippen molar-refractivity contribution in [1.82, 2.24) is 9.59 Å². The Morgan fingerprint density at radius 2 is 1.72 bits per heavy atom. The van der Waals surface area contributed by atoms with E-state index in [9.17, 15) is 9.59 Å². The van der Waals surface area contributed by atoms with E-state index in [1.54, 1.807) is 42.5 Å². The molecular weight excluding hydrogens is 386 g/mol. The third-order valence-electron chi connectivity index (χ3n) is 4.32. The van der Waals surface area contributed by atoms with Crippen LogP contribution in [0.15, 0.2) is 66.7 Å². The molecule has 29 heavy (non-hydrogen) atoms. The molecule has 144 valence electrons. The first-order valence-electron chi connectivity index (χ1n) is 8.85. The van der Waals surface area contributed by atoms with Crippen molar-refractivity contribution in [1.29, 1.82) is 0 Å². The number of hydrogen-bond acceptors (Lipinski definition) is 6. The summed E-state index contributed by atoms with van der Waals surface area (Å²) < 4.78 is 4.79. The van der Waals surface area contributed by atoms with Crippen molar-refractivity contribution in [3.05, 3.63) is 77.9 Å². The molecule has 0 aliphatic heterocycles. The molecule has 0 saturated heterocycles. The van der Waals surface area contributed by atoms with Gasteiger partial charge in [-0.25, -0.2) is 0 Å². The van der Waals surface area contributed by atoms with Gasteiger partial charge in [0.1, 0.15) is 5.52 Å². The van der Waals surface area contributed by atoms with Gasteiger partial charge in [0.2, 0.25) is 5.91 Å². The number of nitrogens with two attached hydrogens (primary N) is 1. The van der Waals surface area contributed by atoms with E-state index in [1.165, 1.54) is 11.5 Å². The number of carbonyl (C=O) groups excluding carboxylic acids is 2. The Bertz CT molecular complexity index is 1200. The van der Waals surface area contributed by atoms with Gasteiger partial charge >= 0.3 is 0 Å². The highest BCUT2D eigenvalue weighted by Crippen LogP contribution is 2.20. The quantitative estimate of drug-likeness (QED) is 0.440. The van der Waals surface area contributed by atoms with E-state index in [-0.39, 0.29) is 18.2 Å². The number of amides is 2. The van der Waals surface area contributed by atoms with Gasteiger partial charge in [-0.1, -0.05) is 28.8 Å². The average Bonchev–Trinajstić information content (AvgIpc) is 3.18. The van der Waals surface area contributed by atoms with Gasteiger partial charge in [-0.15, -0.1) is 5.10 Å². The standard InChI is InChI=1S/C21H17N5O2S/c22-17-7-2-1-4-13(17)11-20(27)23-15-5-3-6-16(12-15)24-21(28)14-8-9-19-18(10-14)25-26-29-19/h1-10,12H,11,22H2,(H,23,27)(H,24,28). The van der Waals surface area contributed by atoms with Gasteiger partial charge in [-0.3, -0.25) is 9.59 Å². The molecule has 7 nitrogen and oxygen atoms in total. The number of nitrogen functional groups attached to an aromatic ring is 1. The Morgan fingerprint density at radius 1 is 0.931 bits per heavy atom. The topological polar surface area (TPSA) is 110 Å². The summed E-state index contributed by atoms with van der Waals surface area (Å²) in [6.07, 6.45) is 0.172. The van der Waals surface area contributed by atoms with E-state index >= 15 is 0 Å². The maximum Gasteiger partial charge on any atom is 0.255 e. The molecule has 0 saturated carbocycles. The van der Waals surface area contributed by atoms with E-state index in [0.29, 0.717) is 28.1 Å². The Kier molecular flexibility index (Phi) is 5.17. The second-order valence-electron chi connectivity index (χ2n) is 6.41. The second kappa shape index (κ2) is 8.07. The van der Waals surface area contributed by atoms with Crippen LogP contribution in [0, 0.1) is 0 Å². The van der Waals surface area contributed by atoms with Crippen molar-refractivity contribution in [3.8, 4) is 0 Å². The molecule has 1 aromatic heterocycles. The number of carbonyl (C=O) groups is 2. The van der Waals surface area contributed by atoms with Crippen LogP contribution in [0.5, 0.6) is 0 Å². The summed E-state index contributed by atoms with van der Waals surface area (Å²) in [5.74, 6) is -0.451. The van der Waals surface area contributed by atoms with Crippen LogP contribution in [0.1, 0.15) is 15.9 Å². The Hall–Kier alpha value is -3.78. The molecular formula is C21H17N5O2S. The zero-order valence-electron chi connectivity index (χ0n) is 15.3. The first kappa shape index (κ1) is 18.6. The van der Waals surface area contributed by atoms with E-state index in [0.717, 1.165) is 10.3 Å². The van der Waals surface area contributed by atoms with Gasteiger partial charge in [0.05, 0.1) is 11.1 Å². The van der Waals surface area contributed by atoms with E-state index < -0.39 is 0 Å². The zero-order chi connectivity index (χ0) is 20.2. The van der Waals surface area contributed by atoms with Crippen molar-refractivity contribution in [3.63, 3.8) is 0 Å². The lowest BCUT2D eigenvalue weighted by molar-refractivity contribution is -0.115. The predicted molar refractivity (Wildman–Crippen MR) is 115 cm³/mol. The van der Waals surface area contributed by atoms with Gasteiger partial charge < -0.3 is 16.4 Å².